The van der Waals surface area contributed by atoms with Crippen LogP contribution in [-0.2, 0) is 17.8 Å². The van der Waals surface area contributed by atoms with Crippen molar-refractivity contribution >= 4 is 23.4 Å². The van der Waals surface area contributed by atoms with Crippen LogP contribution in [0, 0.1) is 0 Å². The van der Waals surface area contributed by atoms with E-state index in [1.165, 1.54) is 0 Å². The number of alkyl halides is 2. The molecule has 2 aromatic rings. The van der Waals surface area contributed by atoms with Crippen LogP contribution in [0.2, 0.25) is 0 Å². The first-order valence-corrected chi connectivity index (χ1v) is 10.5. The van der Waals surface area contributed by atoms with Gasteiger partial charge in [0.05, 0.1) is 5.69 Å². The maximum absolute atomic E-state index is 12.9. The van der Waals surface area contributed by atoms with Crippen molar-refractivity contribution < 1.29 is 18.3 Å². The third-order valence-corrected chi connectivity index (χ3v) is 6.13. The number of hydrogen-bond acceptors (Lipinski definition) is 7. The van der Waals surface area contributed by atoms with Crippen molar-refractivity contribution in [1.82, 2.24) is 15.0 Å². The molecule has 1 amide bonds. The molecule has 0 bridgehead atoms. The Hall–Kier alpha value is -3.04. The molecular formula is C21H24F2N6O2. The summed E-state index contributed by atoms with van der Waals surface area (Å²) in [6.07, 6.45) is 2.34. The molecule has 3 aliphatic rings. The fraction of sp³-hybridized carbons (Fsp3) is 0.524. The predicted octanol–water partition coefficient (Wildman–Crippen LogP) is 2.78. The summed E-state index contributed by atoms with van der Waals surface area (Å²) in [6, 6.07) is 3.25. The molecule has 1 atom stereocenters. The van der Waals surface area contributed by atoms with E-state index < -0.39 is 12.0 Å². The Morgan fingerprint density at radius 3 is 2.81 bits per heavy atom. The van der Waals surface area contributed by atoms with Gasteiger partial charge in [-0.25, -0.2) is 18.7 Å². The van der Waals surface area contributed by atoms with Gasteiger partial charge in [-0.1, -0.05) is 6.07 Å². The number of nitrogens with zero attached hydrogens (tertiary/aromatic N) is 5. The Balaban J connectivity index is 1.28. The molecule has 31 heavy (non-hydrogen) atoms. The first-order valence-electron chi connectivity index (χ1n) is 10.5. The molecule has 2 aliphatic heterocycles. The average molecular weight is 430 g/mol. The SMILES string of the molecule is C[C@H]1C(=O)N2CCCc3nc(NCc4ccc(OC5CC(F)(F)C5)nc4)nc(c32)N1C. The topological polar surface area (TPSA) is 83.5 Å². The molecule has 0 spiro atoms. The van der Waals surface area contributed by atoms with Crippen molar-refractivity contribution in [3.05, 3.63) is 29.6 Å². The standard InChI is InChI=1S/C21H24F2N6O2/c1-12-19(30)29-7-3-4-15-17(29)18(28(12)2)27-20(26-15)25-11-13-5-6-16(24-10-13)31-14-8-21(22,23)9-14/h5-6,10,12,14H,3-4,7-9,11H2,1-2H3,(H,25,26,27)/t12-/m0/s1. The Kier molecular flexibility index (Phi) is 4.67. The quantitative estimate of drug-likeness (QED) is 0.781. The van der Waals surface area contributed by atoms with Crippen LogP contribution in [0.1, 0.15) is 37.4 Å². The van der Waals surface area contributed by atoms with Gasteiger partial charge in [0.2, 0.25) is 17.7 Å². The summed E-state index contributed by atoms with van der Waals surface area (Å²) >= 11 is 0. The highest BCUT2D eigenvalue weighted by atomic mass is 19.3. The fourth-order valence-electron chi connectivity index (χ4n) is 4.20. The number of hydrogen-bond donors (Lipinski definition) is 1. The molecule has 2 aromatic heterocycles. The number of nitrogens with one attached hydrogen (secondary N) is 1. The molecule has 0 saturated heterocycles. The summed E-state index contributed by atoms with van der Waals surface area (Å²) in [6.45, 7) is 3.04. The van der Waals surface area contributed by atoms with Crippen molar-refractivity contribution in [1.29, 1.82) is 0 Å². The molecule has 1 N–H and O–H groups in total. The van der Waals surface area contributed by atoms with Crippen LogP contribution in [0.5, 0.6) is 5.88 Å². The zero-order valence-corrected chi connectivity index (χ0v) is 17.4. The van der Waals surface area contributed by atoms with Gasteiger partial charge in [0.15, 0.2) is 5.82 Å². The number of likely N-dealkylation sites (N-methyl/N-ethyl adjacent to an activating group) is 1. The van der Waals surface area contributed by atoms with Crippen molar-refractivity contribution in [2.75, 3.05) is 28.7 Å². The molecule has 0 radical (unpaired) electrons. The van der Waals surface area contributed by atoms with Crippen LogP contribution in [-0.4, -0.2) is 52.5 Å². The van der Waals surface area contributed by atoms with Crippen LogP contribution in [0.3, 0.4) is 0 Å². The summed E-state index contributed by atoms with van der Waals surface area (Å²) in [5, 5.41) is 3.23. The second-order valence-electron chi connectivity index (χ2n) is 8.41. The van der Waals surface area contributed by atoms with Crippen LogP contribution in [0.15, 0.2) is 18.3 Å². The molecule has 1 saturated carbocycles. The van der Waals surface area contributed by atoms with E-state index in [9.17, 15) is 13.6 Å². The molecule has 10 heteroatoms. The summed E-state index contributed by atoms with van der Waals surface area (Å²) in [4.78, 5) is 29.9. The number of pyridine rings is 1. The van der Waals surface area contributed by atoms with Crippen LogP contribution >= 0.6 is 0 Å². The minimum atomic E-state index is -2.61. The van der Waals surface area contributed by atoms with Gasteiger partial charge in [0.25, 0.3) is 5.92 Å². The van der Waals surface area contributed by atoms with E-state index >= 15 is 0 Å². The molecule has 8 nitrogen and oxygen atoms in total. The molecular weight excluding hydrogens is 406 g/mol. The van der Waals surface area contributed by atoms with Crippen molar-refractivity contribution in [2.24, 2.45) is 0 Å². The zero-order chi connectivity index (χ0) is 21.8. The highest BCUT2D eigenvalue weighted by molar-refractivity contribution is 6.05. The van der Waals surface area contributed by atoms with Crippen LogP contribution in [0.25, 0.3) is 0 Å². The van der Waals surface area contributed by atoms with Crippen molar-refractivity contribution in [3.8, 4) is 5.88 Å². The van der Waals surface area contributed by atoms with Gasteiger partial charge in [-0.3, -0.25) is 4.79 Å². The lowest BCUT2D eigenvalue weighted by Crippen LogP contribution is -2.53. The third-order valence-electron chi connectivity index (χ3n) is 6.13. The van der Waals surface area contributed by atoms with E-state index in [4.69, 9.17) is 4.74 Å². The van der Waals surface area contributed by atoms with Crippen LogP contribution < -0.4 is 19.9 Å². The lowest BCUT2D eigenvalue weighted by molar-refractivity contribution is -0.135. The molecule has 5 rings (SSSR count). The molecule has 4 heterocycles. The van der Waals surface area contributed by atoms with Crippen molar-refractivity contribution in [2.45, 2.75) is 57.2 Å². The molecule has 0 unspecified atom stereocenters. The van der Waals surface area contributed by atoms with Gasteiger partial charge in [0.1, 0.15) is 17.8 Å². The van der Waals surface area contributed by atoms with E-state index in [2.05, 4.69) is 20.3 Å². The Bertz CT molecular complexity index is 1010. The van der Waals surface area contributed by atoms with Gasteiger partial charge in [-0.15, -0.1) is 0 Å². The van der Waals surface area contributed by atoms with E-state index in [1.54, 1.807) is 12.3 Å². The number of aromatic nitrogens is 3. The van der Waals surface area contributed by atoms with Gasteiger partial charge in [-0.05, 0) is 25.3 Å². The first-order chi connectivity index (χ1) is 14.8. The third kappa shape index (κ3) is 3.64. The van der Waals surface area contributed by atoms with Crippen LogP contribution in [0.4, 0.5) is 26.2 Å². The summed E-state index contributed by atoms with van der Waals surface area (Å²) in [7, 11) is 1.88. The number of carbonyl (C=O) groups excluding carboxylic acids is 1. The highest BCUT2D eigenvalue weighted by Gasteiger charge is 2.47. The van der Waals surface area contributed by atoms with E-state index in [1.807, 2.05) is 29.8 Å². The summed E-state index contributed by atoms with van der Waals surface area (Å²) in [5.41, 5.74) is 2.59. The predicted molar refractivity (Wildman–Crippen MR) is 111 cm³/mol. The highest BCUT2D eigenvalue weighted by Crippen LogP contribution is 2.40. The van der Waals surface area contributed by atoms with Gasteiger partial charge in [0, 0.05) is 45.2 Å². The minimum Gasteiger partial charge on any atom is -0.474 e. The lowest BCUT2D eigenvalue weighted by Gasteiger charge is -2.41. The van der Waals surface area contributed by atoms with Gasteiger partial charge in [-0.2, -0.15) is 4.98 Å². The fourth-order valence-corrected chi connectivity index (χ4v) is 4.20. The second kappa shape index (κ2) is 7.28. The molecule has 0 aromatic carbocycles. The number of aryl methyl sites for hydroxylation is 1. The van der Waals surface area contributed by atoms with Gasteiger partial charge >= 0.3 is 0 Å². The zero-order valence-electron chi connectivity index (χ0n) is 17.4. The molecule has 164 valence electrons. The summed E-state index contributed by atoms with van der Waals surface area (Å²) < 4.78 is 31.3. The van der Waals surface area contributed by atoms with Crippen molar-refractivity contribution in [3.63, 3.8) is 0 Å². The number of rotatable bonds is 5. The number of ether oxygens (including phenoxy) is 1. The maximum Gasteiger partial charge on any atom is 0.255 e. The normalized spacial score (nSPS) is 22.1. The number of carbonyl (C=O) groups is 1. The average Bonchev–Trinajstić information content (AvgIpc) is 2.74. The Labute approximate surface area is 178 Å². The monoisotopic (exact) mass is 430 g/mol. The second-order valence-corrected chi connectivity index (χ2v) is 8.41. The molecule has 1 fully saturated rings. The lowest BCUT2D eigenvalue weighted by atomic mass is 9.91. The first kappa shape index (κ1) is 19.9. The smallest absolute Gasteiger partial charge is 0.255 e. The van der Waals surface area contributed by atoms with E-state index in [0.29, 0.717) is 24.9 Å². The Morgan fingerprint density at radius 1 is 1.29 bits per heavy atom. The van der Waals surface area contributed by atoms with Gasteiger partial charge < -0.3 is 19.9 Å². The number of anilines is 3. The van der Waals surface area contributed by atoms with E-state index in [0.717, 1.165) is 35.6 Å². The molecule has 1 aliphatic carbocycles. The maximum atomic E-state index is 12.9. The Morgan fingerprint density at radius 2 is 2.10 bits per heavy atom. The number of halogens is 2. The summed E-state index contributed by atoms with van der Waals surface area (Å²) in [5.74, 6) is -0.920. The minimum absolute atomic E-state index is 0.0827. The van der Waals surface area contributed by atoms with E-state index in [-0.39, 0.29) is 24.8 Å². The number of amides is 1. The largest absolute Gasteiger partial charge is 0.474 e.